The smallest absolute Gasteiger partial charge is 0.444 e. The molecule has 2 saturated heterocycles. The number of nitrogens with one attached hydrogen (secondary N) is 1. The number of amides is 2. The lowest BCUT2D eigenvalue weighted by Crippen LogP contribution is -2.44. The number of morpholine rings is 1. The molecule has 1 N–H and O–H groups in total. The molecule has 3 aromatic rings. The van der Waals surface area contributed by atoms with Crippen LogP contribution in [0.4, 0.5) is 18.0 Å². The van der Waals surface area contributed by atoms with Crippen molar-refractivity contribution in [2.45, 2.75) is 57.6 Å². The number of imidazole rings is 1. The number of ether oxygens (including phenoxy) is 3. The standard InChI is InChI=1S/C28H32F3N5O5/c1-27(2,3)41-26(38)36-14-15-39-21(16-36)23-33-22-20(8-11-32-24(22)34-23)17-9-12-35(13-10-17)25(37)18-4-6-19(7-5-18)40-28(29,30)31/h4-8,11,17,21H,9-10,12-16H2,1-3H3,(H,32,33,34)/t21-/m1/s1. The van der Waals surface area contributed by atoms with Crippen LogP contribution in [-0.2, 0) is 9.47 Å². The van der Waals surface area contributed by atoms with Gasteiger partial charge in [0.1, 0.15) is 28.8 Å². The van der Waals surface area contributed by atoms with E-state index in [1.54, 1.807) is 16.0 Å². The summed E-state index contributed by atoms with van der Waals surface area (Å²) in [5.41, 5.74) is 2.06. The number of piperidine rings is 1. The van der Waals surface area contributed by atoms with Crippen LogP contribution in [0.2, 0.25) is 0 Å². The quantitative estimate of drug-likeness (QED) is 0.456. The van der Waals surface area contributed by atoms with E-state index in [0.29, 0.717) is 62.7 Å². The highest BCUT2D eigenvalue weighted by atomic mass is 19.4. The zero-order valence-corrected chi connectivity index (χ0v) is 23.0. The van der Waals surface area contributed by atoms with Crippen LogP contribution >= 0.6 is 0 Å². The van der Waals surface area contributed by atoms with Crippen molar-refractivity contribution in [1.82, 2.24) is 24.8 Å². The fraction of sp³-hybridized carbons (Fsp3) is 0.500. The van der Waals surface area contributed by atoms with Gasteiger partial charge in [-0.25, -0.2) is 14.8 Å². The summed E-state index contributed by atoms with van der Waals surface area (Å²) in [7, 11) is 0. The first-order chi connectivity index (χ1) is 19.4. The van der Waals surface area contributed by atoms with E-state index in [2.05, 4.69) is 14.7 Å². The molecule has 5 rings (SSSR count). The Morgan fingerprint density at radius 2 is 1.73 bits per heavy atom. The Labute approximate surface area is 234 Å². The van der Waals surface area contributed by atoms with Gasteiger partial charge in [-0.05, 0) is 75.4 Å². The van der Waals surface area contributed by atoms with E-state index in [1.807, 2.05) is 26.8 Å². The molecule has 0 saturated carbocycles. The monoisotopic (exact) mass is 575 g/mol. The van der Waals surface area contributed by atoms with Crippen LogP contribution in [0, 0.1) is 0 Å². The van der Waals surface area contributed by atoms with Gasteiger partial charge in [-0.15, -0.1) is 13.2 Å². The largest absolute Gasteiger partial charge is 0.573 e. The van der Waals surface area contributed by atoms with Gasteiger partial charge in [0.15, 0.2) is 5.65 Å². The summed E-state index contributed by atoms with van der Waals surface area (Å²) in [6, 6.07) is 6.89. The average Bonchev–Trinajstić information content (AvgIpc) is 3.36. The zero-order valence-electron chi connectivity index (χ0n) is 23.0. The Balaban J connectivity index is 1.24. The molecule has 0 spiro atoms. The average molecular weight is 576 g/mol. The van der Waals surface area contributed by atoms with E-state index in [-0.39, 0.29) is 17.6 Å². The van der Waals surface area contributed by atoms with Gasteiger partial charge >= 0.3 is 12.5 Å². The maximum absolute atomic E-state index is 13.0. The lowest BCUT2D eigenvalue weighted by atomic mass is 9.89. The molecular formula is C28H32F3N5O5. The molecule has 2 aliphatic heterocycles. The topological polar surface area (TPSA) is 110 Å². The number of carbonyl (C=O) groups excluding carboxylic acids is 2. The summed E-state index contributed by atoms with van der Waals surface area (Å²) >= 11 is 0. The number of benzene rings is 1. The third kappa shape index (κ3) is 6.89. The zero-order chi connectivity index (χ0) is 29.4. The van der Waals surface area contributed by atoms with Crippen molar-refractivity contribution < 1.29 is 37.0 Å². The molecule has 2 amide bonds. The highest BCUT2D eigenvalue weighted by Gasteiger charge is 2.33. The van der Waals surface area contributed by atoms with Gasteiger partial charge in [0.05, 0.1) is 13.2 Å². The summed E-state index contributed by atoms with van der Waals surface area (Å²) in [6.45, 7) is 7.53. The van der Waals surface area contributed by atoms with Crippen LogP contribution in [0.15, 0.2) is 36.5 Å². The highest BCUT2D eigenvalue weighted by Crippen LogP contribution is 2.34. The van der Waals surface area contributed by atoms with Gasteiger partial charge in [-0.1, -0.05) is 0 Å². The van der Waals surface area contributed by atoms with Crippen LogP contribution < -0.4 is 4.74 Å². The number of fused-ring (bicyclic) bond motifs is 1. The van der Waals surface area contributed by atoms with Crippen LogP contribution in [0.5, 0.6) is 5.75 Å². The van der Waals surface area contributed by atoms with Crippen molar-refractivity contribution in [2.75, 3.05) is 32.8 Å². The summed E-state index contributed by atoms with van der Waals surface area (Å²) in [4.78, 5) is 41.4. The number of pyridine rings is 1. The minimum Gasteiger partial charge on any atom is -0.444 e. The first-order valence-corrected chi connectivity index (χ1v) is 13.5. The number of aromatic amines is 1. The van der Waals surface area contributed by atoms with Crippen molar-refractivity contribution in [3.63, 3.8) is 0 Å². The summed E-state index contributed by atoms with van der Waals surface area (Å²) in [5.74, 6) is 0.101. The van der Waals surface area contributed by atoms with E-state index < -0.39 is 24.2 Å². The molecule has 2 fully saturated rings. The minimum absolute atomic E-state index is 0.133. The second-order valence-corrected chi connectivity index (χ2v) is 11.1. The van der Waals surface area contributed by atoms with Gasteiger partial charge in [-0.2, -0.15) is 0 Å². The number of halogens is 3. The molecule has 0 radical (unpaired) electrons. The molecule has 13 heteroatoms. The molecule has 0 aliphatic carbocycles. The number of hydrogen-bond acceptors (Lipinski definition) is 7. The molecule has 4 heterocycles. The molecule has 10 nitrogen and oxygen atoms in total. The molecule has 220 valence electrons. The third-order valence-electron chi connectivity index (χ3n) is 7.01. The molecule has 2 aromatic heterocycles. The van der Waals surface area contributed by atoms with E-state index in [4.69, 9.17) is 14.5 Å². The van der Waals surface area contributed by atoms with Gasteiger partial charge in [0.25, 0.3) is 5.91 Å². The van der Waals surface area contributed by atoms with Crippen molar-refractivity contribution in [2.24, 2.45) is 0 Å². The highest BCUT2D eigenvalue weighted by molar-refractivity contribution is 5.94. The summed E-state index contributed by atoms with van der Waals surface area (Å²) < 4.78 is 52.6. The van der Waals surface area contributed by atoms with Crippen molar-refractivity contribution in [1.29, 1.82) is 0 Å². The lowest BCUT2D eigenvalue weighted by molar-refractivity contribution is -0.274. The first kappa shape index (κ1) is 28.7. The van der Waals surface area contributed by atoms with Gasteiger partial charge in [-0.3, -0.25) is 4.79 Å². The van der Waals surface area contributed by atoms with E-state index in [0.717, 1.165) is 23.2 Å². The van der Waals surface area contributed by atoms with Gasteiger partial charge < -0.3 is 29.0 Å². The van der Waals surface area contributed by atoms with Crippen molar-refractivity contribution in [3.05, 3.63) is 53.5 Å². The number of H-pyrrole nitrogens is 1. The fourth-order valence-corrected chi connectivity index (χ4v) is 5.11. The maximum Gasteiger partial charge on any atom is 0.573 e. The number of alkyl halides is 3. The Morgan fingerprint density at radius 1 is 1.02 bits per heavy atom. The van der Waals surface area contributed by atoms with E-state index in [9.17, 15) is 22.8 Å². The Morgan fingerprint density at radius 3 is 2.39 bits per heavy atom. The molecule has 41 heavy (non-hydrogen) atoms. The number of likely N-dealkylation sites (tertiary alicyclic amines) is 1. The van der Waals surface area contributed by atoms with Crippen LogP contribution in [0.3, 0.4) is 0 Å². The van der Waals surface area contributed by atoms with Crippen molar-refractivity contribution in [3.8, 4) is 5.75 Å². The molecule has 1 aromatic carbocycles. The maximum atomic E-state index is 13.0. The molecule has 0 bridgehead atoms. The molecular weight excluding hydrogens is 543 g/mol. The lowest BCUT2D eigenvalue weighted by Gasteiger charge is -2.33. The predicted molar refractivity (Wildman–Crippen MR) is 141 cm³/mol. The summed E-state index contributed by atoms with van der Waals surface area (Å²) in [5, 5.41) is 0. The Hall–Kier alpha value is -3.87. The summed E-state index contributed by atoms with van der Waals surface area (Å²) in [6.07, 6.45) is -2.54. The number of carbonyl (C=O) groups is 2. The molecule has 1 atom stereocenters. The first-order valence-electron chi connectivity index (χ1n) is 13.5. The second kappa shape index (κ2) is 11.2. The third-order valence-corrected chi connectivity index (χ3v) is 7.01. The molecule has 2 aliphatic rings. The number of nitrogens with zero attached hydrogens (tertiary/aromatic N) is 4. The fourth-order valence-electron chi connectivity index (χ4n) is 5.11. The number of rotatable bonds is 4. The van der Waals surface area contributed by atoms with Gasteiger partial charge in [0, 0.05) is 31.4 Å². The Bertz CT molecular complexity index is 1390. The minimum atomic E-state index is -4.79. The number of hydrogen-bond donors (Lipinski definition) is 1. The SMILES string of the molecule is CC(C)(C)OC(=O)N1CCO[C@@H](c2nc3c(C4CCN(C(=O)c5ccc(OC(F)(F)F)cc5)CC4)ccnc3[nH]2)C1. The van der Waals surface area contributed by atoms with E-state index in [1.165, 1.54) is 12.1 Å². The Kier molecular flexibility index (Phi) is 7.82. The van der Waals surface area contributed by atoms with Gasteiger partial charge in [0.2, 0.25) is 0 Å². The van der Waals surface area contributed by atoms with E-state index >= 15 is 0 Å². The predicted octanol–water partition coefficient (Wildman–Crippen LogP) is 5.18. The van der Waals surface area contributed by atoms with Crippen LogP contribution in [0.1, 0.15) is 67.4 Å². The van der Waals surface area contributed by atoms with Crippen LogP contribution in [-0.4, -0.2) is 81.5 Å². The second-order valence-electron chi connectivity index (χ2n) is 11.1. The number of aromatic nitrogens is 3. The van der Waals surface area contributed by atoms with Crippen molar-refractivity contribution >= 4 is 23.2 Å². The van der Waals surface area contributed by atoms with Crippen LogP contribution in [0.25, 0.3) is 11.2 Å². The normalized spacial score (nSPS) is 18.9. The molecule has 0 unspecified atom stereocenters.